The van der Waals surface area contributed by atoms with E-state index in [9.17, 15) is 9.90 Å². The van der Waals surface area contributed by atoms with Crippen LogP contribution in [-0.2, 0) is 5.60 Å². The topological polar surface area (TPSA) is 40.5 Å². The van der Waals surface area contributed by atoms with Crippen LogP contribution in [0, 0.1) is 0 Å². The predicted molar refractivity (Wildman–Crippen MR) is 98.5 cm³/mol. The monoisotopic (exact) mass is 335 g/mol. The summed E-state index contributed by atoms with van der Waals surface area (Å²) in [5, 5.41) is 10.4. The van der Waals surface area contributed by atoms with E-state index in [-0.39, 0.29) is 5.91 Å². The maximum atomic E-state index is 12.9. The highest BCUT2D eigenvalue weighted by Crippen LogP contribution is 2.41. The Balaban J connectivity index is 1.47. The van der Waals surface area contributed by atoms with Crippen LogP contribution in [0.4, 0.5) is 0 Å². The van der Waals surface area contributed by atoms with Crippen molar-refractivity contribution >= 4 is 5.91 Å². The Morgan fingerprint density at radius 3 is 2.36 bits per heavy atom. The highest BCUT2D eigenvalue weighted by molar-refractivity contribution is 5.94. The second-order valence-corrected chi connectivity index (χ2v) is 7.46. The number of hydrogen-bond donors (Lipinski definition) is 1. The van der Waals surface area contributed by atoms with Crippen LogP contribution < -0.4 is 0 Å². The van der Waals surface area contributed by atoms with Crippen LogP contribution in [0.25, 0.3) is 0 Å². The highest BCUT2D eigenvalue weighted by Gasteiger charge is 2.36. The lowest BCUT2D eigenvalue weighted by Crippen LogP contribution is -2.39. The lowest BCUT2D eigenvalue weighted by atomic mass is 9.75. The Kier molecular flexibility index (Phi) is 4.34. The number of piperidine rings is 1. The van der Waals surface area contributed by atoms with Crippen molar-refractivity contribution in [3.8, 4) is 0 Å². The molecule has 0 aromatic heterocycles. The average Bonchev–Trinajstić information content (AvgIpc) is 2.66. The van der Waals surface area contributed by atoms with E-state index in [4.69, 9.17) is 0 Å². The molecule has 2 aliphatic rings. The van der Waals surface area contributed by atoms with Gasteiger partial charge in [-0.3, -0.25) is 4.79 Å². The lowest BCUT2D eigenvalue weighted by molar-refractivity contribution is -0.0388. The predicted octanol–water partition coefficient (Wildman–Crippen LogP) is 4.08. The van der Waals surface area contributed by atoms with Gasteiger partial charge in [-0.1, -0.05) is 42.5 Å². The number of amides is 1. The van der Waals surface area contributed by atoms with Gasteiger partial charge in [-0.15, -0.1) is 0 Å². The number of rotatable bonds is 3. The van der Waals surface area contributed by atoms with Gasteiger partial charge in [0.05, 0.1) is 5.60 Å². The molecule has 1 unspecified atom stereocenters. The summed E-state index contributed by atoms with van der Waals surface area (Å²) in [5.41, 5.74) is 2.32. The van der Waals surface area contributed by atoms with Crippen molar-refractivity contribution in [2.75, 3.05) is 13.1 Å². The molecule has 1 heterocycles. The van der Waals surface area contributed by atoms with E-state index in [2.05, 4.69) is 24.3 Å². The summed E-state index contributed by atoms with van der Waals surface area (Å²) in [6.07, 6.45) is 4.91. The maximum absolute atomic E-state index is 12.9. The van der Waals surface area contributed by atoms with Crippen LogP contribution >= 0.6 is 0 Å². The fourth-order valence-electron chi connectivity index (χ4n) is 4.06. The molecule has 3 nitrogen and oxygen atoms in total. The number of benzene rings is 2. The van der Waals surface area contributed by atoms with Gasteiger partial charge >= 0.3 is 0 Å². The van der Waals surface area contributed by atoms with Crippen molar-refractivity contribution in [2.45, 2.75) is 43.6 Å². The Labute approximate surface area is 149 Å². The Bertz CT molecular complexity index is 734. The summed E-state index contributed by atoms with van der Waals surface area (Å²) in [6.45, 7) is 1.61. The summed E-state index contributed by atoms with van der Waals surface area (Å²) in [7, 11) is 0. The number of carbonyl (C=O) groups is 1. The average molecular weight is 335 g/mol. The molecule has 1 atom stereocenters. The molecule has 2 aromatic carbocycles. The van der Waals surface area contributed by atoms with E-state index in [0.29, 0.717) is 5.92 Å². The maximum Gasteiger partial charge on any atom is 0.253 e. The molecule has 1 saturated carbocycles. The van der Waals surface area contributed by atoms with Gasteiger partial charge in [-0.05, 0) is 55.4 Å². The smallest absolute Gasteiger partial charge is 0.253 e. The third kappa shape index (κ3) is 3.21. The minimum Gasteiger partial charge on any atom is -0.385 e. The number of likely N-dealkylation sites (tertiary alicyclic amines) is 1. The fraction of sp³-hybridized carbons (Fsp3) is 0.409. The third-order valence-electron chi connectivity index (χ3n) is 5.83. The fourth-order valence-corrected chi connectivity index (χ4v) is 4.06. The molecule has 0 spiro atoms. The van der Waals surface area contributed by atoms with Crippen LogP contribution in [-0.4, -0.2) is 29.0 Å². The van der Waals surface area contributed by atoms with E-state index in [1.165, 1.54) is 5.56 Å². The van der Waals surface area contributed by atoms with E-state index in [1.807, 2.05) is 35.2 Å². The Morgan fingerprint density at radius 1 is 1.00 bits per heavy atom. The van der Waals surface area contributed by atoms with Crippen molar-refractivity contribution in [3.63, 3.8) is 0 Å². The Morgan fingerprint density at radius 2 is 1.72 bits per heavy atom. The number of aliphatic hydroxyl groups is 1. The molecule has 1 saturated heterocycles. The standard InChI is InChI=1S/C22H25NO2/c24-21(18-9-11-20(12-10-18)22(25)13-5-14-22)23-15-4-8-19(16-23)17-6-2-1-3-7-17/h1-3,6-7,9-12,19,25H,4-5,8,13-16H2. The number of carbonyl (C=O) groups excluding carboxylic acids is 1. The van der Waals surface area contributed by atoms with Gasteiger partial charge < -0.3 is 10.0 Å². The normalized spacial score (nSPS) is 22.3. The van der Waals surface area contributed by atoms with Gasteiger partial charge in [0.25, 0.3) is 5.91 Å². The van der Waals surface area contributed by atoms with Gasteiger partial charge in [0.2, 0.25) is 0 Å². The molecule has 130 valence electrons. The molecular formula is C22H25NO2. The van der Waals surface area contributed by atoms with Crippen molar-refractivity contribution < 1.29 is 9.90 Å². The molecule has 0 bridgehead atoms. The minimum atomic E-state index is -0.662. The van der Waals surface area contributed by atoms with E-state index in [0.717, 1.165) is 56.3 Å². The largest absolute Gasteiger partial charge is 0.385 e. The first-order valence-corrected chi connectivity index (χ1v) is 9.33. The zero-order valence-corrected chi connectivity index (χ0v) is 14.5. The van der Waals surface area contributed by atoms with Gasteiger partial charge in [0.15, 0.2) is 0 Å². The highest BCUT2D eigenvalue weighted by atomic mass is 16.3. The summed E-state index contributed by atoms with van der Waals surface area (Å²) >= 11 is 0. The summed E-state index contributed by atoms with van der Waals surface area (Å²) < 4.78 is 0. The van der Waals surface area contributed by atoms with Crippen LogP contribution in [0.2, 0.25) is 0 Å². The van der Waals surface area contributed by atoms with Crippen LogP contribution in [0.15, 0.2) is 54.6 Å². The second-order valence-electron chi connectivity index (χ2n) is 7.46. The molecule has 1 N–H and O–H groups in total. The molecule has 3 heteroatoms. The van der Waals surface area contributed by atoms with Crippen LogP contribution in [0.3, 0.4) is 0 Å². The molecule has 1 amide bonds. The minimum absolute atomic E-state index is 0.104. The molecule has 1 aliphatic heterocycles. The SMILES string of the molecule is O=C(c1ccc(C2(O)CCC2)cc1)N1CCCC(c2ccccc2)C1. The summed E-state index contributed by atoms with van der Waals surface area (Å²) in [6, 6.07) is 18.1. The van der Waals surface area contributed by atoms with Gasteiger partial charge in [-0.2, -0.15) is 0 Å². The first-order chi connectivity index (χ1) is 12.2. The zero-order valence-electron chi connectivity index (χ0n) is 14.5. The quantitative estimate of drug-likeness (QED) is 0.918. The van der Waals surface area contributed by atoms with Gasteiger partial charge in [0, 0.05) is 24.6 Å². The van der Waals surface area contributed by atoms with Crippen molar-refractivity contribution in [1.29, 1.82) is 0 Å². The third-order valence-corrected chi connectivity index (χ3v) is 5.83. The molecule has 0 radical (unpaired) electrons. The molecule has 1 aliphatic carbocycles. The molecular weight excluding hydrogens is 310 g/mol. The Hall–Kier alpha value is -2.13. The van der Waals surface area contributed by atoms with Crippen molar-refractivity contribution in [3.05, 3.63) is 71.3 Å². The van der Waals surface area contributed by atoms with E-state index < -0.39 is 5.60 Å². The molecule has 4 rings (SSSR count). The molecule has 2 fully saturated rings. The van der Waals surface area contributed by atoms with E-state index in [1.54, 1.807) is 0 Å². The first-order valence-electron chi connectivity index (χ1n) is 9.33. The second kappa shape index (κ2) is 6.64. The summed E-state index contributed by atoms with van der Waals surface area (Å²) in [5.74, 6) is 0.529. The zero-order chi connectivity index (χ0) is 17.3. The van der Waals surface area contributed by atoms with Gasteiger partial charge in [0.1, 0.15) is 0 Å². The van der Waals surface area contributed by atoms with Crippen LogP contribution in [0.5, 0.6) is 0 Å². The van der Waals surface area contributed by atoms with E-state index >= 15 is 0 Å². The molecule has 25 heavy (non-hydrogen) atoms. The van der Waals surface area contributed by atoms with Gasteiger partial charge in [-0.25, -0.2) is 0 Å². The number of hydrogen-bond acceptors (Lipinski definition) is 2. The number of nitrogens with zero attached hydrogens (tertiary/aromatic N) is 1. The molecule has 2 aromatic rings. The first kappa shape index (κ1) is 16.3. The summed E-state index contributed by atoms with van der Waals surface area (Å²) in [4.78, 5) is 14.9. The van der Waals surface area contributed by atoms with Crippen molar-refractivity contribution in [1.82, 2.24) is 4.90 Å². The van der Waals surface area contributed by atoms with Crippen LogP contribution in [0.1, 0.15) is 59.5 Å². The van der Waals surface area contributed by atoms with Crippen molar-refractivity contribution in [2.24, 2.45) is 0 Å². The lowest BCUT2D eigenvalue weighted by Gasteiger charge is -2.37.